The van der Waals surface area contributed by atoms with Crippen molar-refractivity contribution in [1.82, 2.24) is 5.32 Å². The average Bonchev–Trinajstić information content (AvgIpc) is 2.65. The lowest BCUT2D eigenvalue weighted by atomic mass is 9.98. The molecule has 0 heterocycles. The molecule has 2 rings (SSSR count). The van der Waals surface area contributed by atoms with E-state index in [1.165, 1.54) is 22.7 Å². The molecule has 1 nitrogen and oxygen atoms in total. The summed E-state index contributed by atoms with van der Waals surface area (Å²) in [7, 11) is 1.97. The second-order valence-corrected chi connectivity index (χ2v) is 6.19. The molecule has 0 aliphatic carbocycles. The van der Waals surface area contributed by atoms with Crippen molar-refractivity contribution in [3.05, 3.63) is 60.2 Å². The largest absolute Gasteiger partial charge is 0.316 e. The summed E-state index contributed by atoms with van der Waals surface area (Å²) in [5, 5.41) is 5.84. The van der Waals surface area contributed by atoms with Crippen LogP contribution in [0.5, 0.6) is 0 Å². The van der Waals surface area contributed by atoms with Crippen LogP contribution in [0, 0.1) is 17.3 Å². The number of rotatable bonds is 2. The first-order valence-corrected chi connectivity index (χ1v) is 10.8. The summed E-state index contributed by atoms with van der Waals surface area (Å²) in [6, 6.07) is 14.9. The lowest BCUT2D eigenvalue weighted by molar-refractivity contribution is 0.571. The molecule has 0 saturated heterocycles. The minimum absolute atomic E-state index is 0.138. The van der Waals surface area contributed by atoms with Crippen molar-refractivity contribution in [1.29, 1.82) is 0 Å². The van der Waals surface area contributed by atoms with E-state index in [9.17, 15) is 0 Å². The van der Waals surface area contributed by atoms with Gasteiger partial charge in [-0.1, -0.05) is 76.3 Å². The minimum atomic E-state index is 0.138. The molecular weight excluding hydrogens is 406 g/mol. The van der Waals surface area contributed by atoms with Crippen LogP contribution in [0.15, 0.2) is 54.6 Å². The van der Waals surface area contributed by atoms with E-state index in [-0.39, 0.29) is 5.41 Å². The van der Waals surface area contributed by atoms with Crippen molar-refractivity contribution in [3.8, 4) is 11.8 Å². The molecule has 0 spiro atoms. The molecule has 1 N–H and O–H groups in total. The van der Waals surface area contributed by atoms with Crippen molar-refractivity contribution in [2.24, 2.45) is 5.41 Å². The highest BCUT2D eigenvalue weighted by atomic mass is 79.9. The summed E-state index contributed by atoms with van der Waals surface area (Å²) >= 11 is 7.58. The predicted octanol–water partition coefficient (Wildman–Crippen LogP) is 7.04. The summed E-state index contributed by atoms with van der Waals surface area (Å²) < 4.78 is 0. The Kier molecular flexibility index (Phi) is 17.8. The van der Waals surface area contributed by atoms with E-state index in [1.54, 1.807) is 0 Å². The standard InChI is InChI=1S/C12H13N.C9H14.CH3Br.CH3Cl/c1-13-9-11-7-4-6-10-5-2-3-8-12(10)11;1-5-6-7-8-9(2,3)4;2*1-2/h2-8,13H,9H2,1H3;5-6H,1-4H3;2*1H3. The predicted molar refractivity (Wildman–Crippen MR) is 125 cm³/mol. The van der Waals surface area contributed by atoms with Crippen LogP contribution in [0.3, 0.4) is 0 Å². The highest BCUT2D eigenvalue weighted by Gasteiger charge is 2.01. The van der Waals surface area contributed by atoms with Gasteiger partial charge in [0.1, 0.15) is 0 Å². The fourth-order valence-electron chi connectivity index (χ4n) is 1.98. The van der Waals surface area contributed by atoms with Crippen LogP contribution in [0.25, 0.3) is 10.8 Å². The number of halogens is 2. The van der Waals surface area contributed by atoms with Crippen LogP contribution in [-0.4, -0.2) is 19.3 Å². The van der Waals surface area contributed by atoms with Gasteiger partial charge in [0.25, 0.3) is 0 Å². The van der Waals surface area contributed by atoms with Crippen molar-refractivity contribution < 1.29 is 0 Å². The Hall–Kier alpha value is -1.27. The molecule has 0 aliphatic rings. The lowest BCUT2D eigenvalue weighted by Crippen LogP contribution is -2.05. The quantitative estimate of drug-likeness (QED) is 0.391. The number of nitrogens with one attached hydrogen (secondary N) is 1. The van der Waals surface area contributed by atoms with Crippen LogP contribution >= 0.6 is 27.5 Å². The van der Waals surface area contributed by atoms with E-state index in [1.807, 2.05) is 32.0 Å². The van der Waals surface area contributed by atoms with Crippen LogP contribution < -0.4 is 5.32 Å². The molecular formula is C23H33BrClN. The van der Waals surface area contributed by atoms with Crippen molar-refractivity contribution in [3.63, 3.8) is 0 Å². The Balaban J connectivity index is 0. The normalized spacial score (nSPS) is 9.58. The van der Waals surface area contributed by atoms with Gasteiger partial charge in [0.05, 0.1) is 0 Å². The third-order valence-electron chi connectivity index (χ3n) is 2.94. The van der Waals surface area contributed by atoms with Crippen molar-refractivity contribution in [2.75, 3.05) is 19.3 Å². The fourth-order valence-corrected chi connectivity index (χ4v) is 1.98. The summed E-state index contributed by atoms with van der Waals surface area (Å²) in [5.41, 5.74) is 1.50. The third-order valence-corrected chi connectivity index (χ3v) is 2.94. The van der Waals surface area contributed by atoms with E-state index < -0.39 is 0 Å². The summed E-state index contributed by atoms with van der Waals surface area (Å²) in [4.78, 5) is 0. The van der Waals surface area contributed by atoms with Crippen LogP contribution in [0.4, 0.5) is 0 Å². The van der Waals surface area contributed by atoms with Gasteiger partial charge >= 0.3 is 0 Å². The smallest absolute Gasteiger partial charge is 0.0233 e. The molecule has 3 heteroatoms. The molecule has 144 valence electrons. The molecule has 0 saturated carbocycles. The number of hydrogen-bond acceptors (Lipinski definition) is 1. The monoisotopic (exact) mass is 437 g/mol. The SMILES string of the molecule is CBr.CC=CC#CC(C)(C)C.CCl.CNCc1cccc2ccccc12. The van der Waals surface area contributed by atoms with Crippen LogP contribution in [0.1, 0.15) is 33.3 Å². The van der Waals surface area contributed by atoms with Crippen molar-refractivity contribution >= 4 is 38.3 Å². The Morgan fingerprint density at radius 3 is 2.15 bits per heavy atom. The fraction of sp³-hybridized carbons (Fsp3) is 0.391. The molecule has 0 amide bonds. The molecule has 0 fully saturated rings. The molecule has 2 aromatic rings. The molecule has 0 aliphatic heterocycles. The maximum absolute atomic E-state index is 4.64. The number of alkyl halides is 2. The van der Waals surface area contributed by atoms with Gasteiger partial charge in [-0.2, -0.15) is 0 Å². The van der Waals surface area contributed by atoms with E-state index in [2.05, 4.69) is 108 Å². The minimum Gasteiger partial charge on any atom is -0.316 e. The van der Waals surface area contributed by atoms with Gasteiger partial charge in [0, 0.05) is 18.3 Å². The van der Waals surface area contributed by atoms with Gasteiger partial charge in [-0.05, 0) is 63.0 Å². The van der Waals surface area contributed by atoms with Crippen LogP contribution in [0.2, 0.25) is 0 Å². The number of benzene rings is 2. The first-order chi connectivity index (χ1) is 12.5. The maximum Gasteiger partial charge on any atom is 0.0233 e. The topological polar surface area (TPSA) is 12.0 Å². The van der Waals surface area contributed by atoms with Gasteiger partial charge in [0.2, 0.25) is 0 Å². The Labute approximate surface area is 174 Å². The van der Waals surface area contributed by atoms with E-state index in [0.717, 1.165) is 6.54 Å². The molecule has 0 unspecified atom stereocenters. The van der Waals surface area contributed by atoms with Gasteiger partial charge in [-0.25, -0.2) is 0 Å². The van der Waals surface area contributed by atoms with E-state index in [4.69, 9.17) is 0 Å². The highest BCUT2D eigenvalue weighted by molar-refractivity contribution is 9.08. The van der Waals surface area contributed by atoms with Gasteiger partial charge in [-0.15, -0.1) is 11.6 Å². The first kappa shape index (κ1) is 27.0. The number of hydrogen-bond donors (Lipinski definition) is 1. The summed E-state index contributed by atoms with van der Waals surface area (Å²) in [6.45, 7) is 9.20. The maximum atomic E-state index is 4.64. The second kappa shape index (κ2) is 17.2. The van der Waals surface area contributed by atoms with Gasteiger partial charge in [0.15, 0.2) is 0 Å². The molecule has 26 heavy (non-hydrogen) atoms. The number of fused-ring (bicyclic) bond motifs is 1. The van der Waals surface area contributed by atoms with Gasteiger partial charge < -0.3 is 5.32 Å². The van der Waals surface area contributed by atoms with Gasteiger partial charge in [-0.3, -0.25) is 0 Å². The Morgan fingerprint density at radius 1 is 1.04 bits per heavy atom. The summed E-state index contributed by atoms with van der Waals surface area (Å²) in [6.07, 6.45) is 5.28. The average molecular weight is 439 g/mol. The Morgan fingerprint density at radius 2 is 1.62 bits per heavy atom. The van der Waals surface area contributed by atoms with Crippen molar-refractivity contribution in [2.45, 2.75) is 34.2 Å². The third kappa shape index (κ3) is 13.0. The first-order valence-electron chi connectivity index (χ1n) is 8.48. The molecule has 0 aromatic heterocycles. The highest BCUT2D eigenvalue weighted by Crippen LogP contribution is 2.17. The lowest BCUT2D eigenvalue weighted by Gasteiger charge is -2.05. The zero-order valence-electron chi connectivity index (χ0n) is 17.2. The molecule has 0 atom stereocenters. The van der Waals surface area contributed by atoms with E-state index in [0.29, 0.717) is 0 Å². The van der Waals surface area contributed by atoms with E-state index >= 15 is 0 Å². The molecule has 0 radical (unpaired) electrons. The summed E-state index contributed by atoms with van der Waals surface area (Å²) in [5.74, 6) is 7.84. The molecule has 0 bridgehead atoms. The molecule has 2 aromatic carbocycles. The zero-order valence-corrected chi connectivity index (χ0v) is 19.5. The zero-order chi connectivity index (χ0) is 20.4. The second-order valence-electron chi connectivity index (χ2n) is 6.19. The van der Waals surface area contributed by atoms with Crippen LogP contribution in [-0.2, 0) is 6.54 Å². The number of allylic oxidation sites excluding steroid dienone is 2. The Bertz CT molecular complexity index is 670.